The quantitative estimate of drug-likeness (QED) is 0.865. The number of nitrogens with zero attached hydrogens (tertiary/aromatic N) is 3. The molecule has 4 nitrogen and oxygen atoms in total. The summed E-state index contributed by atoms with van der Waals surface area (Å²) in [6.45, 7) is 7.27. The third kappa shape index (κ3) is 3.00. The van der Waals surface area contributed by atoms with Crippen LogP contribution >= 0.6 is 0 Å². The molecule has 100 valence electrons. The molecule has 1 aliphatic rings. The first-order valence-electron chi connectivity index (χ1n) is 6.67. The van der Waals surface area contributed by atoms with Gasteiger partial charge in [0, 0.05) is 25.3 Å². The summed E-state index contributed by atoms with van der Waals surface area (Å²) in [5.41, 5.74) is 0.873. The Morgan fingerprint density at radius 3 is 2.78 bits per heavy atom. The van der Waals surface area contributed by atoms with Crippen LogP contribution in [0.2, 0.25) is 0 Å². The molecule has 0 radical (unpaired) electrons. The zero-order valence-electron chi connectivity index (χ0n) is 11.5. The lowest BCUT2D eigenvalue weighted by Crippen LogP contribution is -2.38. The van der Waals surface area contributed by atoms with Crippen LogP contribution in [0.25, 0.3) is 0 Å². The number of hydrogen-bond acceptors (Lipinski definition) is 4. The predicted molar refractivity (Wildman–Crippen MR) is 73.8 cm³/mol. The van der Waals surface area contributed by atoms with Crippen LogP contribution in [-0.2, 0) is 0 Å². The van der Waals surface area contributed by atoms with Crippen LogP contribution in [-0.4, -0.2) is 47.7 Å². The number of aliphatic hydroxyl groups is 1. The molecule has 0 aromatic carbocycles. The summed E-state index contributed by atoms with van der Waals surface area (Å²) in [7, 11) is 2.17. The summed E-state index contributed by atoms with van der Waals surface area (Å²) in [6.07, 6.45) is 2.50. The molecule has 1 aromatic rings. The SMILES string of the molecule is CC1CN(C)CCCN1c1ccc([C@H](C)O)cn1. The zero-order chi connectivity index (χ0) is 13.1. The van der Waals surface area contributed by atoms with Crippen molar-refractivity contribution in [2.75, 3.05) is 31.6 Å². The summed E-state index contributed by atoms with van der Waals surface area (Å²) in [4.78, 5) is 9.21. The molecule has 1 N–H and O–H groups in total. The van der Waals surface area contributed by atoms with Crippen LogP contribution in [0.1, 0.15) is 31.9 Å². The lowest BCUT2D eigenvalue weighted by Gasteiger charge is -2.29. The highest BCUT2D eigenvalue weighted by Gasteiger charge is 2.20. The number of aromatic nitrogens is 1. The predicted octanol–water partition coefficient (Wildman–Crippen LogP) is 1.67. The van der Waals surface area contributed by atoms with Crippen molar-refractivity contribution >= 4 is 5.82 Å². The molecule has 1 saturated heterocycles. The first kappa shape index (κ1) is 13.3. The highest BCUT2D eigenvalue weighted by Crippen LogP contribution is 2.20. The summed E-state index contributed by atoms with van der Waals surface area (Å²) in [6, 6.07) is 4.46. The number of likely N-dealkylation sites (N-methyl/N-ethyl adjacent to an activating group) is 1. The van der Waals surface area contributed by atoms with Gasteiger partial charge in [0.15, 0.2) is 0 Å². The van der Waals surface area contributed by atoms with Gasteiger partial charge in [-0.15, -0.1) is 0 Å². The molecule has 0 saturated carbocycles. The van der Waals surface area contributed by atoms with Crippen LogP contribution in [0.4, 0.5) is 5.82 Å². The van der Waals surface area contributed by atoms with Crippen molar-refractivity contribution in [3.8, 4) is 0 Å². The van der Waals surface area contributed by atoms with Gasteiger partial charge < -0.3 is 14.9 Å². The van der Waals surface area contributed by atoms with Crippen LogP contribution in [0.3, 0.4) is 0 Å². The van der Waals surface area contributed by atoms with Gasteiger partial charge in [0.2, 0.25) is 0 Å². The molecular formula is C14H23N3O. The Hall–Kier alpha value is -1.13. The first-order valence-corrected chi connectivity index (χ1v) is 6.67. The molecule has 0 amide bonds. The van der Waals surface area contributed by atoms with Gasteiger partial charge in [-0.25, -0.2) is 4.98 Å². The van der Waals surface area contributed by atoms with E-state index in [9.17, 15) is 5.11 Å². The van der Waals surface area contributed by atoms with Crippen molar-refractivity contribution in [3.63, 3.8) is 0 Å². The molecular weight excluding hydrogens is 226 g/mol. The average Bonchev–Trinajstić information content (AvgIpc) is 2.50. The Labute approximate surface area is 109 Å². The van der Waals surface area contributed by atoms with Gasteiger partial charge in [0.25, 0.3) is 0 Å². The molecule has 2 rings (SSSR count). The Balaban J connectivity index is 2.14. The average molecular weight is 249 g/mol. The maximum atomic E-state index is 9.50. The second kappa shape index (κ2) is 5.67. The van der Waals surface area contributed by atoms with Crippen molar-refractivity contribution in [3.05, 3.63) is 23.9 Å². The van der Waals surface area contributed by atoms with Gasteiger partial charge in [-0.2, -0.15) is 0 Å². The van der Waals surface area contributed by atoms with E-state index in [1.54, 1.807) is 13.1 Å². The van der Waals surface area contributed by atoms with E-state index in [0.717, 1.165) is 31.0 Å². The fourth-order valence-electron chi connectivity index (χ4n) is 2.53. The highest BCUT2D eigenvalue weighted by atomic mass is 16.3. The standard InChI is InChI=1S/C14H23N3O/c1-11-10-16(3)7-4-8-17(11)14-6-5-13(9-15-14)12(2)18/h5-6,9,11-12,18H,4,7-8,10H2,1-3H3/t11?,12-/m0/s1. The summed E-state index contributed by atoms with van der Waals surface area (Å²) in [5.74, 6) is 1.02. The number of anilines is 1. The number of pyridine rings is 1. The summed E-state index contributed by atoms with van der Waals surface area (Å²) < 4.78 is 0. The number of rotatable bonds is 2. The van der Waals surface area contributed by atoms with Crippen LogP contribution in [0.15, 0.2) is 18.3 Å². The van der Waals surface area contributed by atoms with E-state index < -0.39 is 6.10 Å². The minimum Gasteiger partial charge on any atom is -0.389 e. The van der Waals surface area contributed by atoms with E-state index in [1.165, 1.54) is 6.42 Å². The van der Waals surface area contributed by atoms with Gasteiger partial charge in [0.1, 0.15) is 5.82 Å². The first-order chi connectivity index (χ1) is 8.58. The maximum absolute atomic E-state index is 9.50. The fraction of sp³-hybridized carbons (Fsp3) is 0.643. The van der Waals surface area contributed by atoms with E-state index in [4.69, 9.17) is 0 Å². The Bertz CT molecular complexity index is 377. The van der Waals surface area contributed by atoms with Crippen LogP contribution in [0, 0.1) is 0 Å². The molecule has 0 bridgehead atoms. The van der Waals surface area contributed by atoms with Gasteiger partial charge >= 0.3 is 0 Å². The normalized spacial score (nSPS) is 23.8. The Morgan fingerprint density at radius 1 is 1.39 bits per heavy atom. The minimum absolute atomic E-state index is 0.445. The molecule has 1 fully saturated rings. The van der Waals surface area contributed by atoms with Crippen LogP contribution in [0.5, 0.6) is 0 Å². The minimum atomic E-state index is -0.445. The Morgan fingerprint density at radius 2 is 2.17 bits per heavy atom. The van der Waals surface area contributed by atoms with E-state index in [2.05, 4.69) is 28.8 Å². The molecule has 1 unspecified atom stereocenters. The molecule has 1 aliphatic heterocycles. The van der Waals surface area contributed by atoms with Gasteiger partial charge in [-0.3, -0.25) is 0 Å². The number of aliphatic hydroxyl groups excluding tert-OH is 1. The second-order valence-electron chi connectivity index (χ2n) is 5.28. The van der Waals surface area contributed by atoms with Crippen LogP contribution < -0.4 is 4.90 Å². The lowest BCUT2D eigenvalue weighted by molar-refractivity contribution is 0.199. The van der Waals surface area contributed by atoms with Crippen molar-refractivity contribution in [1.29, 1.82) is 0 Å². The molecule has 2 heterocycles. The molecule has 18 heavy (non-hydrogen) atoms. The second-order valence-corrected chi connectivity index (χ2v) is 5.28. The summed E-state index contributed by atoms with van der Waals surface area (Å²) in [5, 5.41) is 9.50. The fourth-order valence-corrected chi connectivity index (χ4v) is 2.53. The highest BCUT2D eigenvalue weighted by molar-refractivity contribution is 5.41. The van der Waals surface area contributed by atoms with Gasteiger partial charge in [0.05, 0.1) is 6.10 Å². The van der Waals surface area contributed by atoms with Crippen molar-refractivity contribution in [1.82, 2.24) is 9.88 Å². The third-order valence-electron chi connectivity index (χ3n) is 3.59. The maximum Gasteiger partial charge on any atom is 0.128 e. The Kier molecular flexibility index (Phi) is 4.19. The van der Waals surface area contributed by atoms with Crippen molar-refractivity contribution in [2.45, 2.75) is 32.4 Å². The van der Waals surface area contributed by atoms with Crippen molar-refractivity contribution < 1.29 is 5.11 Å². The van der Waals surface area contributed by atoms with E-state index >= 15 is 0 Å². The topological polar surface area (TPSA) is 39.6 Å². The van der Waals surface area contributed by atoms with Gasteiger partial charge in [-0.05, 0) is 45.5 Å². The molecule has 1 aromatic heterocycles. The molecule has 0 spiro atoms. The summed E-state index contributed by atoms with van der Waals surface area (Å²) >= 11 is 0. The van der Waals surface area contributed by atoms with E-state index in [-0.39, 0.29) is 0 Å². The molecule has 2 atom stereocenters. The van der Waals surface area contributed by atoms with Gasteiger partial charge in [-0.1, -0.05) is 6.07 Å². The lowest BCUT2D eigenvalue weighted by atomic mass is 10.2. The largest absolute Gasteiger partial charge is 0.389 e. The molecule has 4 heteroatoms. The van der Waals surface area contributed by atoms with E-state index in [0.29, 0.717) is 6.04 Å². The smallest absolute Gasteiger partial charge is 0.128 e. The monoisotopic (exact) mass is 249 g/mol. The third-order valence-corrected chi connectivity index (χ3v) is 3.59. The number of hydrogen-bond donors (Lipinski definition) is 1. The zero-order valence-corrected chi connectivity index (χ0v) is 11.5. The van der Waals surface area contributed by atoms with E-state index in [1.807, 2.05) is 12.1 Å². The van der Waals surface area contributed by atoms with Crippen molar-refractivity contribution in [2.24, 2.45) is 0 Å². The molecule has 0 aliphatic carbocycles.